The minimum Gasteiger partial charge on any atom is -0.478 e. The summed E-state index contributed by atoms with van der Waals surface area (Å²) in [6.07, 6.45) is 0. The Hall–Kier alpha value is -3.85. The van der Waals surface area contributed by atoms with Crippen LogP contribution < -0.4 is 5.32 Å². The Bertz CT molecular complexity index is 1220. The number of fused-ring (bicyclic) bond motifs is 1. The molecule has 1 amide bonds. The number of anilines is 1. The molecule has 3 aromatic rings. The van der Waals surface area contributed by atoms with Gasteiger partial charge in [-0.1, -0.05) is 48.5 Å². The van der Waals surface area contributed by atoms with E-state index in [4.69, 9.17) is 4.99 Å². The van der Waals surface area contributed by atoms with Gasteiger partial charge in [0.15, 0.2) is 0 Å². The molecule has 0 saturated heterocycles. The second-order valence-electron chi connectivity index (χ2n) is 8.28. The van der Waals surface area contributed by atoms with E-state index in [9.17, 15) is 24.9 Å². The van der Waals surface area contributed by atoms with Crippen LogP contribution in [-0.2, 0) is 11.3 Å². The van der Waals surface area contributed by atoms with Crippen LogP contribution in [0.1, 0.15) is 33.0 Å². The van der Waals surface area contributed by atoms with Crippen LogP contribution >= 0.6 is 0 Å². The molecule has 0 bridgehead atoms. The fraction of sp³-hybridized carbons (Fsp3) is 0.222. The number of hydrogen-bond donors (Lipinski definition) is 4. The Labute approximate surface area is 203 Å². The summed E-state index contributed by atoms with van der Waals surface area (Å²) in [6, 6.07) is 21.7. The first-order valence-corrected chi connectivity index (χ1v) is 11.3. The summed E-state index contributed by atoms with van der Waals surface area (Å²) >= 11 is 0. The van der Waals surface area contributed by atoms with Crippen LogP contribution in [0.15, 0.2) is 77.8 Å². The predicted octanol–water partition coefficient (Wildman–Crippen LogP) is 3.03. The van der Waals surface area contributed by atoms with Gasteiger partial charge in [0.2, 0.25) is 5.91 Å². The van der Waals surface area contributed by atoms with Crippen molar-refractivity contribution in [2.75, 3.05) is 31.6 Å². The van der Waals surface area contributed by atoms with Gasteiger partial charge in [0.05, 0.1) is 30.2 Å². The monoisotopic (exact) mass is 473 g/mol. The van der Waals surface area contributed by atoms with Gasteiger partial charge in [-0.15, -0.1) is 0 Å². The van der Waals surface area contributed by atoms with Crippen molar-refractivity contribution in [1.82, 2.24) is 4.90 Å². The Kier molecular flexibility index (Phi) is 7.67. The van der Waals surface area contributed by atoms with E-state index in [0.29, 0.717) is 42.3 Å². The number of carbonyl (C=O) groups is 2. The zero-order valence-corrected chi connectivity index (χ0v) is 19.1. The number of carboxylic acid groups (broad SMARTS) is 1. The minimum atomic E-state index is -1.06. The van der Waals surface area contributed by atoms with Crippen molar-refractivity contribution >= 4 is 29.0 Å². The molecular formula is C27H27N3O5. The third-order valence-electron chi connectivity index (χ3n) is 5.90. The molecule has 0 aromatic heterocycles. The lowest BCUT2D eigenvalue weighted by Crippen LogP contribution is -2.29. The summed E-state index contributed by atoms with van der Waals surface area (Å²) < 4.78 is 0. The van der Waals surface area contributed by atoms with Gasteiger partial charge < -0.3 is 20.6 Å². The van der Waals surface area contributed by atoms with E-state index in [-0.39, 0.29) is 24.7 Å². The van der Waals surface area contributed by atoms with Crippen molar-refractivity contribution in [2.24, 2.45) is 4.99 Å². The fourth-order valence-corrected chi connectivity index (χ4v) is 4.20. The molecule has 1 heterocycles. The number of aliphatic hydroxyl groups is 2. The molecule has 8 heteroatoms. The number of rotatable bonds is 10. The summed E-state index contributed by atoms with van der Waals surface area (Å²) in [5.41, 5.74) is 4.32. The zero-order valence-electron chi connectivity index (χ0n) is 19.1. The standard InChI is InChI=1S/C27H27N3O5/c31-14-12-30(13-15-32)17-18-6-9-21(10-7-18)28-25(19-4-2-1-3-5-19)24-22-11-8-20(27(34)35)16-23(22)29-26(24)33/h1-11,16,24,31-32H,12-15,17H2,(H,29,33)(H,34,35). The summed E-state index contributed by atoms with van der Waals surface area (Å²) in [5, 5.41) is 30.6. The lowest BCUT2D eigenvalue weighted by Gasteiger charge is -2.20. The van der Waals surface area contributed by atoms with Gasteiger partial charge in [0.1, 0.15) is 5.92 Å². The lowest BCUT2D eigenvalue weighted by molar-refractivity contribution is -0.115. The van der Waals surface area contributed by atoms with E-state index in [1.54, 1.807) is 6.07 Å². The maximum atomic E-state index is 13.0. The molecule has 0 saturated carbocycles. The highest BCUT2D eigenvalue weighted by molar-refractivity contribution is 6.24. The van der Waals surface area contributed by atoms with Gasteiger partial charge in [-0.2, -0.15) is 0 Å². The molecule has 3 aromatic carbocycles. The van der Waals surface area contributed by atoms with Crippen molar-refractivity contribution in [3.05, 3.63) is 95.1 Å². The van der Waals surface area contributed by atoms with Gasteiger partial charge in [0.25, 0.3) is 0 Å². The van der Waals surface area contributed by atoms with Crippen LogP contribution in [0.25, 0.3) is 0 Å². The number of benzene rings is 3. The van der Waals surface area contributed by atoms with E-state index < -0.39 is 11.9 Å². The molecule has 4 N–H and O–H groups in total. The first-order chi connectivity index (χ1) is 17.0. The molecule has 0 fully saturated rings. The number of hydrogen-bond acceptors (Lipinski definition) is 6. The highest BCUT2D eigenvalue weighted by Gasteiger charge is 2.35. The van der Waals surface area contributed by atoms with Crippen LogP contribution in [0.5, 0.6) is 0 Å². The quantitative estimate of drug-likeness (QED) is 0.336. The molecule has 1 aliphatic rings. The van der Waals surface area contributed by atoms with E-state index >= 15 is 0 Å². The highest BCUT2D eigenvalue weighted by Crippen LogP contribution is 2.37. The summed E-state index contributed by atoms with van der Waals surface area (Å²) in [5.74, 6) is -2.00. The fourth-order valence-electron chi connectivity index (χ4n) is 4.20. The number of nitrogens with zero attached hydrogens (tertiary/aromatic N) is 2. The van der Waals surface area contributed by atoms with E-state index in [2.05, 4.69) is 5.32 Å². The Morgan fingerprint density at radius 1 is 0.914 bits per heavy atom. The first kappa shape index (κ1) is 24.3. The smallest absolute Gasteiger partial charge is 0.335 e. The van der Waals surface area contributed by atoms with E-state index in [0.717, 1.165) is 11.1 Å². The second kappa shape index (κ2) is 11.1. The van der Waals surface area contributed by atoms with Gasteiger partial charge in [0, 0.05) is 25.3 Å². The van der Waals surface area contributed by atoms with E-state index in [1.807, 2.05) is 59.5 Å². The molecule has 0 spiro atoms. The average molecular weight is 474 g/mol. The average Bonchev–Trinajstić information content (AvgIpc) is 3.19. The molecule has 1 atom stereocenters. The second-order valence-corrected chi connectivity index (χ2v) is 8.28. The third kappa shape index (κ3) is 5.63. The number of carboxylic acids is 1. The van der Waals surface area contributed by atoms with Crippen molar-refractivity contribution in [3.8, 4) is 0 Å². The van der Waals surface area contributed by atoms with Gasteiger partial charge in [-0.05, 0) is 41.0 Å². The largest absolute Gasteiger partial charge is 0.478 e. The van der Waals surface area contributed by atoms with E-state index in [1.165, 1.54) is 12.1 Å². The van der Waals surface area contributed by atoms with Crippen LogP contribution in [0, 0.1) is 0 Å². The van der Waals surface area contributed by atoms with Crippen LogP contribution in [0.2, 0.25) is 0 Å². The van der Waals surface area contributed by atoms with Gasteiger partial charge in [-0.3, -0.25) is 14.7 Å². The molecule has 35 heavy (non-hydrogen) atoms. The molecule has 0 aliphatic carbocycles. The van der Waals surface area contributed by atoms with Crippen molar-refractivity contribution in [1.29, 1.82) is 0 Å². The van der Waals surface area contributed by atoms with Crippen molar-refractivity contribution < 1.29 is 24.9 Å². The normalized spacial score (nSPS) is 15.2. The molecule has 1 aliphatic heterocycles. The number of aliphatic imine (C=N–C) groups is 1. The third-order valence-corrected chi connectivity index (χ3v) is 5.90. The maximum absolute atomic E-state index is 13.0. The predicted molar refractivity (Wildman–Crippen MR) is 133 cm³/mol. The topological polar surface area (TPSA) is 122 Å². The van der Waals surface area contributed by atoms with Gasteiger partial charge in [-0.25, -0.2) is 4.79 Å². The molecule has 180 valence electrons. The van der Waals surface area contributed by atoms with Crippen LogP contribution in [-0.4, -0.2) is 64.1 Å². The van der Waals surface area contributed by atoms with Crippen molar-refractivity contribution in [2.45, 2.75) is 12.5 Å². The first-order valence-electron chi connectivity index (χ1n) is 11.3. The summed E-state index contributed by atoms with van der Waals surface area (Å²) in [7, 11) is 0. The lowest BCUT2D eigenvalue weighted by atomic mass is 9.90. The number of amides is 1. The number of aliphatic hydroxyl groups excluding tert-OH is 2. The van der Waals surface area contributed by atoms with Crippen molar-refractivity contribution in [3.63, 3.8) is 0 Å². The number of aromatic carboxylic acids is 1. The molecule has 1 unspecified atom stereocenters. The summed E-state index contributed by atoms with van der Waals surface area (Å²) in [6.45, 7) is 1.56. The molecule has 0 radical (unpaired) electrons. The molecular weight excluding hydrogens is 446 g/mol. The molecule has 4 rings (SSSR count). The van der Waals surface area contributed by atoms with Crippen LogP contribution in [0.4, 0.5) is 11.4 Å². The zero-order chi connectivity index (χ0) is 24.8. The maximum Gasteiger partial charge on any atom is 0.335 e. The SMILES string of the molecule is O=C(O)c1ccc2c(c1)NC(=O)C2C(=Nc1ccc(CN(CCO)CCO)cc1)c1ccccc1. The summed E-state index contributed by atoms with van der Waals surface area (Å²) in [4.78, 5) is 31.2. The minimum absolute atomic E-state index is 0.0156. The molecule has 8 nitrogen and oxygen atoms in total. The Balaban J connectivity index is 1.68. The Morgan fingerprint density at radius 2 is 1.60 bits per heavy atom. The van der Waals surface area contributed by atoms with Gasteiger partial charge >= 0.3 is 5.97 Å². The number of carbonyl (C=O) groups excluding carboxylic acids is 1. The Morgan fingerprint density at radius 3 is 2.23 bits per heavy atom. The van der Waals surface area contributed by atoms with Crippen LogP contribution in [0.3, 0.4) is 0 Å². The highest BCUT2D eigenvalue weighted by atomic mass is 16.4. The number of nitrogens with one attached hydrogen (secondary N) is 1.